The van der Waals surface area contributed by atoms with Crippen molar-refractivity contribution in [1.82, 2.24) is 0 Å². The van der Waals surface area contributed by atoms with Gasteiger partial charge in [-0.3, -0.25) is 0 Å². The molecule has 1 saturated heterocycles. The molecule has 0 spiro atoms. The Balaban J connectivity index is 2.51. The Labute approximate surface area is 102 Å². The van der Waals surface area contributed by atoms with E-state index in [1.165, 1.54) is 7.11 Å². The Morgan fingerprint density at radius 1 is 1.44 bits per heavy atom. The first-order valence-corrected chi connectivity index (χ1v) is 6.32. The van der Waals surface area contributed by atoms with Gasteiger partial charge in [0.15, 0.2) is 0 Å². The first-order valence-electron chi connectivity index (χ1n) is 5.78. The van der Waals surface area contributed by atoms with E-state index in [1.807, 2.05) is 0 Å². The second-order valence-corrected chi connectivity index (χ2v) is 4.22. The van der Waals surface area contributed by atoms with Gasteiger partial charge < -0.3 is 9.47 Å². The maximum absolute atomic E-state index is 11.6. The van der Waals surface area contributed by atoms with E-state index in [0.29, 0.717) is 5.88 Å². The number of carbonyl (C=O) groups is 1. The lowest BCUT2D eigenvalue weighted by Crippen LogP contribution is -2.08. The van der Waals surface area contributed by atoms with Gasteiger partial charge in [-0.05, 0) is 25.7 Å². The number of ether oxygens (including phenoxy) is 2. The molecule has 0 unspecified atom stereocenters. The molecule has 16 heavy (non-hydrogen) atoms. The molecule has 0 bridgehead atoms. The van der Waals surface area contributed by atoms with E-state index in [4.69, 9.17) is 21.1 Å². The van der Waals surface area contributed by atoms with Gasteiger partial charge >= 0.3 is 5.97 Å². The smallest absolute Gasteiger partial charge is 0.337 e. The van der Waals surface area contributed by atoms with E-state index in [1.54, 1.807) is 0 Å². The summed E-state index contributed by atoms with van der Waals surface area (Å²) in [7, 11) is 1.41. The van der Waals surface area contributed by atoms with Crippen LogP contribution in [0.5, 0.6) is 0 Å². The van der Waals surface area contributed by atoms with E-state index in [2.05, 4.69) is 0 Å². The highest BCUT2D eigenvalue weighted by molar-refractivity contribution is 6.17. The number of esters is 1. The summed E-state index contributed by atoms with van der Waals surface area (Å²) in [5.41, 5.74) is 0.717. The monoisotopic (exact) mass is 246 g/mol. The van der Waals surface area contributed by atoms with Crippen LogP contribution in [0.1, 0.15) is 38.5 Å². The highest BCUT2D eigenvalue weighted by Gasteiger charge is 2.20. The van der Waals surface area contributed by atoms with E-state index >= 15 is 0 Å². The van der Waals surface area contributed by atoms with Crippen molar-refractivity contribution in [3.63, 3.8) is 0 Å². The third-order valence-corrected chi connectivity index (χ3v) is 2.92. The van der Waals surface area contributed by atoms with Crippen molar-refractivity contribution in [3.05, 3.63) is 11.3 Å². The van der Waals surface area contributed by atoms with Gasteiger partial charge in [0.25, 0.3) is 0 Å². The van der Waals surface area contributed by atoms with Crippen molar-refractivity contribution in [2.45, 2.75) is 38.5 Å². The first-order chi connectivity index (χ1) is 7.79. The molecule has 0 radical (unpaired) electrons. The number of halogens is 1. The predicted octanol–water partition coefficient (Wildman–Crippen LogP) is 3.02. The van der Waals surface area contributed by atoms with Crippen molar-refractivity contribution >= 4 is 17.6 Å². The predicted molar refractivity (Wildman–Crippen MR) is 63.4 cm³/mol. The third-order valence-electron chi connectivity index (χ3n) is 2.65. The molecule has 1 aliphatic rings. The van der Waals surface area contributed by atoms with Crippen LogP contribution in [0.2, 0.25) is 0 Å². The fraction of sp³-hybridized carbons (Fsp3) is 0.750. The highest BCUT2D eigenvalue weighted by Crippen LogP contribution is 2.24. The van der Waals surface area contributed by atoms with E-state index in [9.17, 15) is 4.79 Å². The van der Waals surface area contributed by atoms with Crippen molar-refractivity contribution in [3.8, 4) is 0 Å². The lowest BCUT2D eigenvalue weighted by atomic mass is 10.1. The minimum Gasteiger partial charge on any atom is -0.497 e. The van der Waals surface area contributed by atoms with Gasteiger partial charge in [0.05, 0.1) is 19.3 Å². The SMILES string of the molecule is COC(=O)/C(CCCCCCl)=C1\CCCO1. The average Bonchev–Trinajstić information content (AvgIpc) is 2.82. The Morgan fingerprint density at radius 2 is 2.25 bits per heavy atom. The number of alkyl halides is 1. The Bertz CT molecular complexity index is 253. The molecule has 0 N–H and O–H groups in total. The molecule has 3 nitrogen and oxygen atoms in total. The molecule has 0 amide bonds. The normalized spacial score (nSPS) is 18.1. The lowest BCUT2D eigenvalue weighted by Gasteiger charge is -2.08. The molecule has 0 atom stereocenters. The summed E-state index contributed by atoms with van der Waals surface area (Å²) >= 11 is 5.61. The molecule has 0 aromatic heterocycles. The van der Waals surface area contributed by atoms with E-state index in [0.717, 1.165) is 56.5 Å². The maximum atomic E-state index is 11.6. The van der Waals surface area contributed by atoms with E-state index in [-0.39, 0.29) is 5.97 Å². The number of methoxy groups -OCH3 is 1. The summed E-state index contributed by atoms with van der Waals surface area (Å²) in [5, 5.41) is 0. The molecule has 0 aromatic rings. The fourth-order valence-electron chi connectivity index (χ4n) is 1.79. The zero-order valence-electron chi connectivity index (χ0n) is 9.76. The summed E-state index contributed by atoms with van der Waals surface area (Å²) in [6.45, 7) is 0.720. The molecule has 0 saturated carbocycles. The summed E-state index contributed by atoms with van der Waals surface area (Å²) in [6.07, 6.45) is 5.59. The number of hydrogen-bond acceptors (Lipinski definition) is 3. The van der Waals surface area contributed by atoms with Crippen molar-refractivity contribution in [1.29, 1.82) is 0 Å². The van der Waals surface area contributed by atoms with Gasteiger partial charge in [-0.25, -0.2) is 4.79 Å². The minimum absolute atomic E-state index is 0.247. The summed E-state index contributed by atoms with van der Waals surface area (Å²) < 4.78 is 10.2. The molecular formula is C12H19ClO3. The molecule has 1 heterocycles. The van der Waals surface area contributed by atoms with Crippen LogP contribution >= 0.6 is 11.6 Å². The Kier molecular flexibility index (Phi) is 6.31. The number of carbonyl (C=O) groups excluding carboxylic acids is 1. The standard InChI is InChI=1S/C12H19ClO3/c1-15-12(14)10(6-3-2-4-8-13)11-7-5-9-16-11/h2-9H2,1H3/b11-10+. The van der Waals surface area contributed by atoms with Gasteiger partial charge in [0.1, 0.15) is 5.76 Å². The fourth-order valence-corrected chi connectivity index (χ4v) is 1.98. The Morgan fingerprint density at radius 3 is 2.81 bits per heavy atom. The quantitative estimate of drug-likeness (QED) is 0.313. The molecule has 0 aromatic carbocycles. The van der Waals surface area contributed by atoms with Crippen molar-refractivity contribution in [2.24, 2.45) is 0 Å². The van der Waals surface area contributed by atoms with Crippen LogP contribution in [0, 0.1) is 0 Å². The number of hydrogen-bond donors (Lipinski definition) is 0. The number of rotatable bonds is 6. The van der Waals surface area contributed by atoms with Crippen molar-refractivity contribution < 1.29 is 14.3 Å². The highest BCUT2D eigenvalue weighted by atomic mass is 35.5. The third kappa shape index (κ3) is 4.05. The Hall–Kier alpha value is -0.700. The molecule has 1 fully saturated rings. The van der Waals surface area contributed by atoms with Crippen LogP contribution in [0.4, 0.5) is 0 Å². The zero-order chi connectivity index (χ0) is 11.8. The van der Waals surface area contributed by atoms with E-state index < -0.39 is 0 Å². The van der Waals surface area contributed by atoms with Crippen LogP contribution in [0.3, 0.4) is 0 Å². The van der Waals surface area contributed by atoms with Gasteiger partial charge in [-0.15, -0.1) is 11.6 Å². The van der Waals surface area contributed by atoms with Gasteiger partial charge in [-0.2, -0.15) is 0 Å². The van der Waals surface area contributed by atoms with Gasteiger partial charge in [-0.1, -0.05) is 6.42 Å². The number of allylic oxidation sites excluding steroid dienone is 1. The molecule has 0 aliphatic carbocycles. The van der Waals surface area contributed by atoms with Crippen LogP contribution < -0.4 is 0 Å². The molecular weight excluding hydrogens is 228 g/mol. The van der Waals surface area contributed by atoms with Crippen molar-refractivity contribution in [2.75, 3.05) is 19.6 Å². The minimum atomic E-state index is -0.247. The first kappa shape index (κ1) is 13.4. The van der Waals surface area contributed by atoms with Crippen LogP contribution in [-0.4, -0.2) is 25.6 Å². The second kappa shape index (κ2) is 7.55. The topological polar surface area (TPSA) is 35.5 Å². The largest absolute Gasteiger partial charge is 0.497 e. The zero-order valence-corrected chi connectivity index (χ0v) is 10.5. The van der Waals surface area contributed by atoms with Crippen LogP contribution in [0.25, 0.3) is 0 Å². The lowest BCUT2D eigenvalue weighted by molar-refractivity contribution is -0.136. The summed E-state index contributed by atoms with van der Waals surface area (Å²) in [6, 6.07) is 0. The van der Waals surface area contributed by atoms with Gasteiger partial charge in [0, 0.05) is 12.3 Å². The van der Waals surface area contributed by atoms with Crippen LogP contribution in [-0.2, 0) is 14.3 Å². The maximum Gasteiger partial charge on any atom is 0.337 e. The second-order valence-electron chi connectivity index (χ2n) is 3.84. The molecule has 4 heteroatoms. The molecule has 92 valence electrons. The number of unbranched alkanes of at least 4 members (excludes halogenated alkanes) is 2. The summed E-state index contributed by atoms with van der Waals surface area (Å²) in [5.74, 6) is 1.26. The van der Waals surface area contributed by atoms with Crippen LogP contribution in [0.15, 0.2) is 11.3 Å². The average molecular weight is 247 g/mol. The van der Waals surface area contributed by atoms with Gasteiger partial charge in [0.2, 0.25) is 0 Å². The molecule has 1 aliphatic heterocycles. The summed E-state index contributed by atoms with van der Waals surface area (Å²) in [4.78, 5) is 11.6. The molecule has 1 rings (SSSR count).